The average molecular weight is 415 g/mol. The lowest BCUT2D eigenvalue weighted by atomic mass is 10.1. The number of thiocarbonyl (C=S) groups is 1. The summed E-state index contributed by atoms with van der Waals surface area (Å²) in [6, 6.07) is 13.1. The summed E-state index contributed by atoms with van der Waals surface area (Å²) in [7, 11) is 1.57. The van der Waals surface area contributed by atoms with Crippen LogP contribution in [0.5, 0.6) is 5.75 Å². The van der Waals surface area contributed by atoms with E-state index in [0.29, 0.717) is 40.6 Å². The number of methoxy groups -OCH3 is 1. The van der Waals surface area contributed by atoms with Crippen molar-refractivity contribution in [1.29, 1.82) is 0 Å². The highest BCUT2D eigenvalue weighted by molar-refractivity contribution is 7.80. The predicted octanol–water partition coefficient (Wildman–Crippen LogP) is 3.26. The summed E-state index contributed by atoms with van der Waals surface area (Å²) in [5, 5.41) is 13.5. The number of nitrogens with zero attached hydrogens (tertiary/aromatic N) is 1. The van der Waals surface area contributed by atoms with E-state index in [4.69, 9.17) is 17.0 Å². The Morgan fingerprint density at radius 3 is 2.69 bits per heavy atom. The Hall–Kier alpha value is -2.97. The van der Waals surface area contributed by atoms with Crippen LogP contribution in [0, 0.1) is 5.82 Å². The molecule has 152 valence electrons. The van der Waals surface area contributed by atoms with Crippen LogP contribution >= 0.6 is 12.2 Å². The van der Waals surface area contributed by atoms with Crippen molar-refractivity contribution in [2.24, 2.45) is 0 Å². The number of aliphatic hydroxyl groups is 1. The molecule has 3 rings (SSSR count). The molecule has 0 aliphatic heterocycles. The van der Waals surface area contributed by atoms with Crippen molar-refractivity contribution < 1.29 is 14.2 Å². The van der Waals surface area contributed by atoms with Gasteiger partial charge in [-0.15, -0.1) is 0 Å². The maximum Gasteiger partial charge on any atom is 0.253 e. The van der Waals surface area contributed by atoms with Gasteiger partial charge in [-0.1, -0.05) is 0 Å². The second kappa shape index (κ2) is 9.49. The van der Waals surface area contributed by atoms with Crippen LogP contribution < -0.4 is 15.6 Å². The monoisotopic (exact) mass is 415 g/mol. The van der Waals surface area contributed by atoms with Crippen LogP contribution in [-0.4, -0.2) is 40.4 Å². The van der Waals surface area contributed by atoms with Crippen LogP contribution in [0.1, 0.15) is 12.0 Å². The van der Waals surface area contributed by atoms with Gasteiger partial charge in [0.1, 0.15) is 11.6 Å². The Balaban J connectivity index is 1.83. The highest BCUT2D eigenvalue weighted by atomic mass is 32.1. The first-order valence-electron chi connectivity index (χ1n) is 9.12. The van der Waals surface area contributed by atoms with Gasteiger partial charge in [0.15, 0.2) is 5.11 Å². The minimum Gasteiger partial charge on any atom is -0.497 e. The maximum absolute atomic E-state index is 13.1. The highest BCUT2D eigenvalue weighted by Crippen LogP contribution is 2.19. The highest BCUT2D eigenvalue weighted by Gasteiger charge is 2.14. The topological polar surface area (TPSA) is 77.6 Å². The Labute approximate surface area is 172 Å². The number of rotatable bonds is 7. The van der Waals surface area contributed by atoms with Crippen molar-refractivity contribution in [2.75, 3.05) is 25.6 Å². The Morgan fingerprint density at radius 2 is 2.00 bits per heavy atom. The quantitative estimate of drug-likeness (QED) is 0.514. The van der Waals surface area contributed by atoms with Crippen molar-refractivity contribution in [3.05, 3.63) is 70.3 Å². The number of aromatic amines is 1. The van der Waals surface area contributed by atoms with Gasteiger partial charge in [-0.3, -0.25) is 4.79 Å². The molecule has 0 fully saturated rings. The minimum absolute atomic E-state index is 0.00351. The van der Waals surface area contributed by atoms with Crippen LogP contribution in [-0.2, 0) is 6.54 Å². The number of H-pyrrole nitrogens is 1. The fourth-order valence-electron chi connectivity index (χ4n) is 2.93. The summed E-state index contributed by atoms with van der Waals surface area (Å²) in [5.74, 6) is 0.327. The minimum atomic E-state index is -0.335. The molecule has 0 aliphatic rings. The van der Waals surface area contributed by atoms with Crippen molar-refractivity contribution in [2.45, 2.75) is 13.0 Å². The fraction of sp³-hybridized carbons (Fsp3) is 0.238. The standard InChI is InChI=1S/C21H22FN3O3S/c1-28-18-8-3-14-11-15(20(27)24-19(14)12-18)13-25(9-2-10-26)21(29)23-17-6-4-16(22)5-7-17/h3-8,11-12,26H,2,9-10,13H2,1H3,(H,23,29)(H,24,27). The van der Waals surface area contributed by atoms with Crippen LogP contribution in [0.15, 0.2) is 53.3 Å². The molecule has 8 heteroatoms. The van der Waals surface area contributed by atoms with Gasteiger partial charge in [-0.05, 0) is 66.5 Å². The van der Waals surface area contributed by atoms with Gasteiger partial charge in [0.05, 0.1) is 19.2 Å². The molecule has 0 amide bonds. The lowest BCUT2D eigenvalue weighted by molar-refractivity contribution is 0.266. The number of hydrogen-bond donors (Lipinski definition) is 3. The first-order chi connectivity index (χ1) is 14.0. The van der Waals surface area contributed by atoms with E-state index in [1.165, 1.54) is 12.1 Å². The molecule has 0 unspecified atom stereocenters. The van der Waals surface area contributed by atoms with E-state index in [-0.39, 0.29) is 24.5 Å². The van der Waals surface area contributed by atoms with Crippen LogP contribution in [0.3, 0.4) is 0 Å². The molecule has 0 saturated heterocycles. The molecule has 0 aliphatic carbocycles. The lowest BCUT2D eigenvalue weighted by Crippen LogP contribution is -2.37. The third-order valence-electron chi connectivity index (χ3n) is 4.46. The SMILES string of the molecule is COc1ccc2cc(CN(CCCO)C(=S)Nc3ccc(F)cc3)c(=O)[nH]c2c1. The Kier molecular flexibility index (Phi) is 6.79. The van der Waals surface area contributed by atoms with Crippen molar-refractivity contribution in [3.8, 4) is 5.75 Å². The predicted molar refractivity (Wildman–Crippen MR) is 116 cm³/mol. The number of ether oxygens (including phenoxy) is 1. The molecule has 29 heavy (non-hydrogen) atoms. The number of pyridine rings is 1. The number of nitrogens with one attached hydrogen (secondary N) is 2. The van der Waals surface area contributed by atoms with Gasteiger partial charge < -0.3 is 25.0 Å². The first-order valence-corrected chi connectivity index (χ1v) is 9.53. The van der Waals surface area contributed by atoms with Gasteiger partial charge in [0, 0.05) is 30.5 Å². The van der Waals surface area contributed by atoms with Crippen LogP contribution in [0.25, 0.3) is 10.9 Å². The smallest absolute Gasteiger partial charge is 0.253 e. The third kappa shape index (κ3) is 5.30. The molecule has 0 atom stereocenters. The fourth-order valence-corrected chi connectivity index (χ4v) is 3.20. The molecular formula is C21H22FN3O3S. The van der Waals surface area contributed by atoms with E-state index in [0.717, 1.165) is 5.39 Å². The van der Waals surface area contributed by atoms with Crippen molar-refractivity contribution >= 4 is 33.9 Å². The normalized spacial score (nSPS) is 10.7. The number of aliphatic hydroxyl groups excluding tert-OH is 1. The molecule has 3 N–H and O–H groups in total. The van der Waals surface area contributed by atoms with Crippen LogP contribution in [0.4, 0.5) is 10.1 Å². The first kappa shape index (κ1) is 20.8. The molecule has 6 nitrogen and oxygen atoms in total. The molecule has 0 bridgehead atoms. The van der Waals surface area contributed by atoms with E-state index in [1.54, 1.807) is 30.2 Å². The van der Waals surface area contributed by atoms with Gasteiger partial charge in [0.2, 0.25) is 0 Å². The zero-order valence-corrected chi connectivity index (χ0v) is 16.8. The molecule has 2 aromatic carbocycles. The lowest BCUT2D eigenvalue weighted by Gasteiger charge is -2.25. The zero-order valence-electron chi connectivity index (χ0n) is 15.9. The summed E-state index contributed by atoms with van der Waals surface area (Å²) < 4.78 is 18.3. The van der Waals surface area contributed by atoms with Gasteiger partial charge in [-0.25, -0.2) is 4.39 Å². The van der Waals surface area contributed by atoms with Crippen molar-refractivity contribution in [1.82, 2.24) is 9.88 Å². The van der Waals surface area contributed by atoms with Gasteiger partial charge in [0.25, 0.3) is 5.56 Å². The summed E-state index contributed by atoms with van der Waals surface area (Å²) >= 11 is 5.49. The van der Waals surface area contributed by atoms with Gasteiger partial charge in [-0.2, -0.15) is 0 Å². The number of benzene rings is 2. The summed E-state index contributed by atoms with van der Waals surface area (Å²) in [4.78, 5) is 17.3. The molecule has 0 spiro atoms. The Bertz CT molecular complexity index is 1050. The van der Waals surface area contributed by atoms with E-state index < -0.39 is 0 Å². The van der Waals surface area contributed by atoms with Crippen LogP contribution in [0.2, 0.25) is 0 Å². The second-order valence-corrected chi connectivity index (χ2v) is 6.90. The summed E-state index contributed by atoms with van der Waals surface area (Å²) in [5.41, 5.74) is 1.66. The summed E-state index contributed by atoms with van der Waals surface area (Å²) in [6.45, 7) is 0.734. The maximum atomic E-state index is 13.1. The van der Waals surface area contributed by atoms with Crippen molar-refractivity contribution in [3.63, 3.8) is 0 Å². The molecule has 1 heterocycles. The Morgan fingerprint density at radius 1 is 1.24 bits per heavy atom. The van der Waals surface area contributed by atoms with E-state index >= 15 is 0 Å². The molecular weight excluding hydrogens is 393 g/mol. The van der Waals surface area contributed by atoms with E-state index in [2.05, 4.69) is 10.3 Å². The van der Waals surface area contributed by atoms with E-state index in [9.17, 15) is 14.3 Å². The van der Waals surface area contributed by atoms with Gasteiger partial charge >= 0.3 is 0 Å². The molecule has 3 aromatic rings. The third-order valence-corrected chi connectivity index (χ3v) is 4.82. The number of halogens is 1. The largest absolute Gasteiger partial charge is 0.497 e. The number of fused-ring (bicyclic) bond motifs is 1. The summed E-state index contributed by atoms with van der Waals surface area (Å²) in [6.07, 6.45) is 0.494. The zero-order chi connectivity index (χ0) is 20.8. The second-order valence-electron chi connectivity index (χ2n) is 6.51. The molecule has 0 radical (unpaired) electrons. The number of aromatic nitrogens is 1. The average Bonchev–Trinajstić information content (AvgIpc) is 2.72. The molecule has 0 saturated carbocycles. The molecule has 1 aromatic heterocycles. The van der Waals surface area contributed by atoms with E-state index in [1.807, 2.05) is 18.2 Å². The number of anilines is 1. The number of hydrogen-bond acceptors (Lipinski definition) is 4.